The number of nitriles is 1. The minimum atomic E-state index is -1.44. The van der Waals surface area contributed by atoms with Gasteiger partial charge in [0.1, 0.15) is 29.6 Å². The maximum absolute atomic E-state index is 13.4. The first kappa shape index (κ1) is 25.6. The molecule has 2 N–H and O–H groups in total. The van der Waals surface area contributed by atoms with Gasteiger partial charge in [0.2, 0.25) is 0 Å². The van der Waals surface area contributed by atoms with E-state index in [1.165, 1.54) is 16.8 Å². The summed E-state index contributed by atoms with van der Waals surface area (Å²) in [6.07, 6.45) is 1.62. The zero-order chi connectivity index (χ0) is 24.8. The quantitative estimate of drug-likeness (QED) is 0.474. The molecular formula is C22H25FN4O6S. The van der Waals surface area contributed by atoms with Crippen LogP contribution >= 0.6 is 0 Å². The van der Waals surface area contributed by atoms with Gasteiger partial charge in [0.05, 0.1) is 31.4 Å². The summed E-state index contributed by atoms with van der Waals surface area (Å²) < 4.78 is 33.8. The monoisotopic (exact) mass is 492 g/mol. The highest BCUT2D eigenvalue weighted by molar-refractivity contribution is 7.91. The van der Waals surface area contributed by atoms with Crippen molar-refractivity contribution in [3.8, 4) is 6.07 Å². The lowest BCUT2D eigenvalue weighted by Gasteiger charge is -2.18. The van der Waals surface area contributed by atoms with Gasteiger partial charge in [-0.15, -0.1) is 0 Å². The molecule has 0 aliphatic carbocycles. The highest BCUT2D eigenvalue weighted by Gasteiger charge is 2.28. The molecule has 2 aromatic rings. The van der Waals surface area contributed by atoms with Crippen molar-refractivity contribution in [2.45, 2.75) is 38.6 Å². The smallest absolute Gasteiger partial charge is 0.333 e. The van der Waals surface area contributed by atoms with E-state index in [-0.39, 0.29) is 48.4 Å². The van der Waals surface area contributed by atoms with Gasteiger partial charge in [-0.05, 0) is 38.0 Å². The maximum atomic E-state index is 13.4. The Hall–Kier alpha value is -2.98. The zero-order valence-corrected chi connectivity index (χ0v) is 19.3. The number of halogens is 1. The number of amides is 1. The van der Waals surface area contributed by atoms with Crippen molar-refractivity contribution < 1.29 is 23.6 Å². The molecule has 0 spiro atoms. The van der Waals surface area contributed by atoms with Crippen molar-refractivity contribution >= 4 is 17.1 Å². The number of ether oxygens (including phenoxy) is 1. The van der Waals surface area contributed by atoms with Crippen LogP contribution in [0.15, 0.2) is 34.0 Å². The molecule has 1 unspecified atom stereocenters. The molecule has 1 aliphatic heterocycles. The first-order valence-corrected chi connectivity index (χ1v) is 12.2. The molecule has 12 heteroatoms. The van der Waals surface area contributed by atoms with Crippen LogP contribution in [0.3, 0.4) is 0 Å². The average Bonchev–Trinajstić information content (AvgIpc) is 3.30. The van der Waals surface area contributed by atoms with Crippen molar-refractivity contribution in [3.63, 3.8) is 0 Å². The Bertz CT molecular complexity index is 1210. The summed E-state index contributed by atoms with van der Waals surface area (Å²) in [7, 11) is 0. The minimum absolute atomic E-state index is 0.0222. The number of nitrogens with one attached hydrogen (secondary N) is 1. The molecule has 0 radical (unpaired) electrons. The molecule has 0 bridgehead atoms. The summed E-state index contributed by atoms with van der Waals surface area (Å²) in [4.78, 5) is 37.5. The second kappa shape index (κ2) is 11.4. The summed E-state index contributed by atoms with van der Waals surface area (Å²) in [6, 6.07) is 5.06. The molecule has 1 amide bonds. The molecule has 1 fully saturated rings. The van der Waals surface area contributed by atoms with E-state index < -0.39 is 40.4 Å². The van der Waals surface area contributed by atoms with Crippen LogP contribution in [-0.2, 0) is 22.5 Å². The fourth-order valence-corrected chi connectivity index (χ4v) is 4.54. The summed E-state index contributed by atoms with van der Waals surface area (Å²) in [6.45, 7) is 1.41. The fraction of sp³-hybridized carbons (Fsp3) is 0.455. The van der Waals surface area contributed by atoms with Crippen LogP contribution in [0.2, 0.25) is 0 Å². The third-order valence-corrected chi connectivity index (χ3v) is 6.77. The molecule has 3 rings (SSSR count). The van der Waals surface area contributed by atoms with E-state index in [0.29, 0.717) is 18.4 Å². The lowest BCUT2D eigenvalue weighted by molar-refractivity contribution is -0.0253. The molecule has 1 aliphatic rings. The SMILES string of the molecule is Cc1cn([C@H]2CC[C@@H](CO)O2)c(=O)n(CC[S+]([O-])CCNC(=O)c2ccc(F)c(C#N)c2)c1=O. The van der Waals surface area contributed by atoms with Crippen LogP contribution in [0.1, 0.15) is 40.6 Å². The van der Waals surface area contributed by atoms with Crippen LogP contribution in [0, 0.1) is 24.1 Å². The Labute approximate surface area is 197 Å². The number of carbonyl (C=O) groups is 1. The highest BCUT2D eigenvalue weighted by Crippen LogP contribution is 2.26. The third-order valence-electron chi connectivity index (χ3n) is 5.47. The normalized spacial score (nSPS) is 18.4. The lowest BCUT2D eigenvalue weighted by atomic mass is 10.1. The topological polar surface area (TPSA) is 149 Å². The van der Waals surface area contributed by atoms with Crippen LogP contribution in [0.5, 0.6) is 0 Å². The second-order valence-corrected chi connectivity index (χ2v) is 9.54. The Balaban J connectivity index is 1.57. The third kappa shape index (κ3) is 5.92. The Kier molecular flexibility index (Phi) is 8.62. The number of benzene rings is 1. The Morgan fingerprint density at radius 2 is 2.15 bits per heavy atom. The molecule has 0 saturated carbocycles. The average molecular weight is 493 g/mol. The second-order valence-electron chi connectivity index (χ2n) is 7.84. The van der Waals surface area contributed by atoms with Crippen LogP contribution < -0.4 is 16.6 Å². The standard InChI is InChI=1S/C22H25FN4O6S/c1-14-12-27(19-5-3-17(13-28)33-19)22(31)26(21(14)30)7-9-34(32)8-6-25-20(29)15-2-4-18(23)16(10-15)11-24/h2,4,10,12,17,19,28H,3,5-9,13H2,1H3,(H,25,29)/t17-,19+,34?/m0/s1. The Morgan fingerprint density at radius 1 is 1.38 bits per heavy atom. The van der Waals surface area contributed by atoms with Gasteiger partial charge in [-0.1, -0.05) is 11.2 Å². The minimum Gasteiger partial charge on any atom is -0.616 e. The van der Waals surface area contributed by atoms with Gasteiger partial charge in [-0.25, -0.2) is 9.18 Å². The predicted molar refractivity (Wildman–Crippen MR) is 121 cm³/mol. The van der Waals surface area contributed by atoms with E-state index in [1.54, 1.807) is 13.0 Å². The van der Waals surface area contributed by atoms with E-state index in [1.807, 2.05) is 0 Å². The number of aryl methyl sites for hydroxylation is 1. The van der Waals surface area contributed by atoms with Crippen molar-refractivity contribution in [2.24, 2.45) is 0 Å². The van der Waals surface area contributed by atoms with E-state index >= 15 is 0 Å². The summed E-state index contributed by atoms with van der Waals surface area (Å²) in [5.74, 6) is -1.16. The van der Waals surface area contributed by atoms with Gasteiger partial charge in [0.25, 0.3) is 11.5 Å². The van der Waals surface area contributed by atoms with E-state index in [2.05, 4.69) is 5.32 Å². The number of hydrogen-bond donors (Lipinski definition) is 2. The largest absolute Gasteiger partial charge is 0.616 e. The predicted octanol–water partition coefficient (Wildman–Crippen LogP) is 0.178. The fourth-order valence-electron chi connectivity index (χ4n) is 3.62. The van der Waals surface area contributed by atoms with Gasteiger partial charge in [0.15, 0.2) is 0 Å². The number of rotatable bonds is 9. The molecule has 182 valence electrons. The Morgan fingerprint density at radius 3 is 2.82 bits per heavy atom. The van der Waals surface area contributed by atoms with E-state index in [4.69, 9.17) is 10.00 Å². The number of aliphatic hydroxyl groups is 1. The number of hydrogen-bond acceptors (Lipinski definition) is 7. The highest BCUT2D eigenvalue weighted by atomic mass is 32.2. The first-order chi connectivity index (χ1) is 16.2. The number of nitrogens with zero attached hydrogens (tertiary/aromatic N) is 3. The molecule has 1 aromatic carbocycles. The van der Waals surface area contributed by atoms with Gasteiger partial charge >= 0.3 is 5.69 Å². The van der Waals surface area contributed by atoms with Gasteiger partial charge in [-0.3, -0.25) is 18.7 Å². The maximum Gasteiger partial charge on any atom is 0.333 e. The summed E-state index contributed by atoms with van der Waals surface area (Å²) in [5.41, 5.74) is -0.861. The zero-order valence-electron chi connectivity index (χ0n) is 18.5. The van der Waals surface area contributed by atoms with Crippen molar-refractivity contribution in [3.05, 3.63) is 67.7 Å². The van der Waals surface area contributed by atoms with Crippen molar-refractivity contribution in [1.82, 2.24) is 14.5 Å². The van der Waals surface area contributed by atoms with Crippen molar-refractivity contribution in [1.29, 1.82) is 5.26 Å². The molecular weight excluding hydrogens is 467 g/mol. The lowest BCUT2D eigenvalue weighted by Crippen LogP contribution is -2.43. The van der Waals surface area contributed by atoms with Crippen molar-refractivity contribution in [2.75, 3.05) is 24.7 Å². The van der Waals surface area contributed by atoms with Crippen LogP contribution in [0.25, 0.3) is 0 Å². The molecule has 34 heavy (non-hydrogen) atoms. The summed E-state index contributed by atoms with van der Waals surface area (Å²) in [5, 5.41) is 20.7. The molecule has 10 nitrogen and oxygen atoms in total. The summed E-state index contributed by atoms with van der Waals surface area (Å²) >= 11 is -1.44. The molecule has 1 saturated heterocycles. The number of aromatic nitrogens is 2. The number of carbonyl (C=O) groups excluding carboxylic acids is 1. The van der Waals surface area contributed by atoms with Gasteiger partial charge in [-0.2, -0.15) is 5.26 Å². The first-order valence-electron chi connectivity index (χ1n) is 10.7. The van der Waals surface area contributed by atoms with E-state index in [0.717, 1.165) is 16.7 Å². The van der Waals surface area contributed by atoms with Crippen LogP contribution in [0.4, 0.5) is 4.39 Å². The molecule has 1 aromatic heterocycles. The van der Waals surface area contributed by atoms with Crippen LogP contribution in [-0.4, -0.2) is 55.5 Å². The molecule has 3 atom stereocenters. The molecule has 2 heterocycles. The van der Waals surface area contributed by atoms with Gasteiger partial charge in [0, 0.05) is 17.3 Å². The number of aliphatic hydroxyl groups excluding tert-OH is 1. The van der Waals surface area contributed by atoms with Gasteiger partial charge < -0.3 is 19.7 Å². The van der Waals surface area contributed by atoms with E-state index in [9.17, 15) is 28.4 Å².